The van der Waals surface area contributed by atoms with Crippen molar-refractivity contribution in [3.63, 3.8) is 0 Å². The van der Waals surface area contributed by atoms with E-state index in [0.717, 1.165) is 21.1 Å². The molecule has 3 nitrogen and oxygen atoms in total. The summed E-state index contributed by atoms with van der Waals surface area (Å²) < 4.78 is 6.80. The van der Waals surface area contributed by atoms with Crippen LogP contribution >= 0.6 is 27.7 Å². The van der Waals surface area contributed by atoms with Crippen LogP contribution in [0.5, 0.6) is 0 Å². The number of benzene rings is 2. The van der Waals surface area contributed by atoms with Crippen LogP contribution in [0.25, 0.3) is 11.1 Å². The van der Waals surface area contributed by atoms with Crippen LogP contribution < -0.4 is 5.73 Å². The van der Waals surface area contributed by atoms with Gasteiger partial charge in [-0.15, -0.1) is 0 Å². The number of thioether (sulfide) groups is 1. The highest BCUT2D eigenvalue weighted by molar-refractivity contribution is 9.10. The molecule has 0 spiro atoms. The Morgan fingerprint density at radius 2 is 1.90 bits per heavy atom. The summed E-state index contributed by atoms with van der Waals surface area (Å²) in [6, 6.07) is 15.8. The van der Waals surface area contributed by atoms with Gasteiger partial charge in [0.2, 0.25) is 0 Å². The van der Waals surface area contributed by atoms with E-state index in [2.05, 4.69) is 27.0 Å². The monoisotopic (exact) mass is 348 g/mol. The average molecular weight is 349 g/mol. The van der Waals surface area contributed by atoms with Gasteiger partial charge in [0, 0.05) is 11.0 Å². The number of fused-ring (bicyclic) bond motifs is 1. The van der Waals surface area contributed by atoms with Crippen molar-refractivity contribution in [2.75, 3.05) is 6.54 Å². The second-order valence-corrected chi connectivity index (χ2v) is 6.32. The second kappa shape index (κ2) is 5.99. The lowest BCUT2D eigenvalue weighted by molar-refractivity contribution is 0.488. The number of halogens is 1. The maximum atomic E-state index is 5.90. The number of oxazole rings is 1. The standard InChI is InChI=1S/C15H13BrN2OS/c16-11-6-2-1-5-10(11)14(9-17)20-15-18-12-7-3-4-8-13(12)19-15/h1-8,14H,9,17H2. The normalized spacial score (nSPS) is 12.7. The smallest absolute Gasteiger partial charge is 0.257 e. The van der Waals surface area contributed by atoms with Gasteiger partial charge in [-0.3, -0.25) is 0 Å². The molecular weight excluding hydrogens is 336 g/mol. The van der Waals surface area contributed by atoms with E-state index in [-0.39, 0.29) is 5.25 Å². The van der Waals surface area contributed by atoms with Gasteiger partial charge in [-0.05, 0) is 23.8 Å². The molecule has 0 saturated heterocycles. The average Bonchev–Trinajstić information content (AvgIpc) is 2.88. The predicted octanol–water partition coefficient (Wildman–Crippen LogP) is 4.38. The Balaban J connectivity index is 1.90. The van der Waals surface area contributed by atoms with Crippen molar-refractivity contribution in [2.24, 2.45) is 5.73 Å². The maximum Gasteiger partial charge on any atom is 0.257 e. The fourth-order valence-electron chi connectivity index (χ4n) is 2.00. The van der Waals surface area contributed by atoms with Crippen LogP contribution in [-0.2, 0) is 0 Å². The molecule has 2 N–H and O–H groups in total. The topological polar surface area (TPSA) is 52.0 Å². The van der Waals surface area contributed by atoms with Crippen molar-refractivity contribution in [2.45, 2.75) is 10.5 Å². The Morgan fingerprint density at radius 1 is 1.15 bits per heavy atom. The lowest BCUT2D eigenvalue weighted by Gasteiger charge is -2.14. The van der Waals surface area contributed by atoms with E-state index in [9.17, 15) is 0 Å². The van der Waals surface area contributed by atoms with Gasteiger partial charge in [0.25, 0.3) is 5.22 Å². The SMILES string of the molecule is NCC(Sc1nc2ccccc2o1)c1ccccc1Br. The summed E-state index contributed by atoms with van der Waals surface area (Å²) in [4.78, 5) is 4.48. The van der Waals surface area contributed by atoms with Gasteiger partial charge in [0.15, 0.2) is 5.58 Å². The van der Waals surface area contributed by atoms with Crippen LogP contribution in [0.15, 0.2) is 62.6 Å². The Morgan fingerprint density at radius 3 is 2.65 bits per heavy atom. The highest BCUT2D eigenvalue weighted by Crippen LogP contribution is 2.38. The minimum atomic E-state index is 0.110. The van der Waals surface area contributed by atoms with Crippen LogP contribution in [0, 0.1) is 0 Å². The molecule has 0 aliphatic carbocycles. The van der Waals surface area contributed by atoms with Crippen LogP contribution in [-0.4, -0.2) is 11.5 Å². The van der Waals surface area contributed by atoms with Gasteiger partial charge in [0.05, 0.1) is 5.25 Å². The molecule has 0 radical (unpaired) electrons. The number of nitrogens with zero attached hydrogens (tertiary/aromatic N) is 1. The highest BCUT2D eigenvalue weighted by Gasteiger charge is 2.17. The van der Waals surface area contributed by atoms with Gasteiger partial charge >= 0.3 is 0 Å². The third-order valence-corrected chi connectivity index (χ3v) is 4.81. The highest BCUT2D eigenvalue weighted by atomic mass is 79.9. The van der Waals surface area contributed by atoms with Crippen molar-refractivity contribution in [3.8, 4) is 0 Å². The third-order valence-electron chi connectivity index (χ3n) is 2.98. The fourth-order valence-corrected chi connectivity index (χ4v) is 3.67. The van der Waals surface area contributed by atoms with E-state index in [0.29, 0.717) is 11.8 Å². The molecule has 0 fully saturated rings. The van der Waals surface area contributed by atoms with Crippen LogP contribution in [0.3, 0.4) is 0 Å². The van der Waals surface area contributed by atoms with Crippen molar-refractivity contribution in [3.05, 3.63) is 58.6 Å². The van der Waals surface area contributed by atoms with E-state index in [1.165, 1.54) is 0 Å². The Labute approximate surface area is 129 Å². The lowest BCUT2D eigenvalue weighted by Crippen LogP contribution is -2.09. The van der Waals surface area contributed by atoms with E-state index < -0.39 is 0 Å². The zero-order chi connectivity index (χ0) is 13.9. The summed E-state index contributed by atoms with van der Waals surface area (Å²) in [5.74, 6) is 0. The van der Waals surface area contributed by atoms with E-state index in [4.69, 9.17) is 10.2 Å². The van der Waals surface area contributed by atoms with Crippen molar-refractivity contribution >= 4 is 38.8 Å². The van der Waals surface area contributed by atoms with Crippen LogP contribution in [0.2, 0.25) is 0 Å². The van der Waals surface area contributed by atoms with Crippen LogP contribution in [0.1, 0.15) is 10.8 Å². The molecule has 102 valence electrons. The largest absolute Gasteiger partial charge is 0.431 e. The van der Waals surface area contributed by atoms with Gasteiger partial charge < -0.3 is 10.2 Å². The molecule has 1 heterocycles. The number of aromatic nitrogens is 1. The molecule has 1 atom stereocenters. The van der Waals surface area contributed by atoms with E-state index in [1.54, 1.807) is 11.8 Å². The first-order valence-corrected chi connectivity index (χ1v) is 7.92. The zero-order valence-corrected chi connectivity index (χ0v) is 13.0. The van der Waals surface area contributed by atoms with Gasteiger partial charge in [0.1, 0.15) is 5.52 Å². The molecule has 3 aromatic rings. The number of nitrogens with two attached hydrogens (primary N) is 1. The van der Waals surface area contributed by atoms with Gasteiger partial charge in [-0.1, -0.05) is 58.0 Å². The summed E-state index contributed by atoms with van der Waals surface area (Å²) in [6.07, 6.45) is 0. The predicted molar refractivity (Wildman–Crippen MR) is 85.8 cm³/mol. The molecule has 3 rings (SSSR count). The summed E-state index contributed by atoms with van der Waals surface area (Å²) >= 11 is 5.11. The van der Waals surface area contributed by atoms with Crippen molar-refractivity contribution < 1.29 is 4.42 Å². The lowest BCUT2D eigenvalue weighted by atomic mass is 10.1. The molecule has 20 heavy (non-hydrogen) atoms. The first-order valence-electron chi connectivity index (χ1n) is 6.24. The minimum absolute atomic E-state index is 0.110. The Hall–Kier alpha value is -1.30. The molecule has 0 aliphatic heterocycles. The molecular formula is C15H13BrN2OS. The number of hydrogen-bond donors (Lipinski definition) is 1. The van der Waals surface area contributed by atoms with Crippen molar-refractivity contribution in [1.29, 1.82) is 0 Å². The molecule has 2 aromatic carbocycles. The zero-order valence-electron chi connectivity index (χ0n) is 10.6. The number of rotatable bonds is 4. The van der Waals surface area contributed by atoms with E-state index in [1.807, 2.05) is 42.5 Å². The quantitative estimate of drug-likeness (QED) is 0.710. The first-order chi connectivity index (χ1) is 9.78. The number of hydrogen-bond acceptors (Lipinski definition) is 4. The Kier molecular flexibility index (Phi) is 4.10. The molecule has 0 aliphatic rings. The van der Waals surface area contributed by atoms with E-state index >= 15 is 0 Å². The molecule has 0 amide bonds. The second-order valence-electron chi connectivity index (χ2n) is 4.31. The fraction of sp³-hybridized carbons (Fsp3) is 0.133. The summed E-state index contributed by atoms with van der Waals surface area (Å²) in [6.45, 7) is 0.520. The molecule has 0 bridgehead atoms. The third kappa shape index (κ3) is 2.75. The minimum Gasteiger partial charge on any atom is -0.431 e. The Bertz CT molecular complexity index is 695. The molecule has 1 unspecified atom stereocenters. The summed E-state index contributed by atoms with van der Waals surface area (Å²) in [5.41, 5.74) is 8.74. The molecule has 1 aromatic heterocycles. The van der Waals surface area contributed by atoms with Crippen LogP contribution in [0.4, 0.5) is 0 Å². The van der Waals surface area contributed by atoms with Crippen molar-refractivity contribution in [1.82, 2.24) is 4.98 Å². The van der Waals surface area contributed by atoms with Gasteiger partial charge in [-0.25, -0.2) is 4.98 Å². The number of para-hydroxylation sites is 2. The molecule has 5 heteroatoms. The summed E-state index contributed by atoms with van der Waals surface area (Å²) in [7, 11) is 0. The van der Waals surface area contributed by atoms with Gasteiger partial charge in [-0.2, -0.15) is 0 Å². The first kappa shape index (κ1) is 13.7. The maximum absolute atomic E-state index is 5.90. The summed E-state index contributed by atoms with van der Waals surface area (Å²) in [5, 5.41) is 0.760. The molecule has 0 saturated carbocycles.